The van der Waals surface area contributed by atoms with Crippen LogP contribution in [0.4, 0.5) is 10.1 Å². The Hall–Kier alpha value is -1.13. The summed E-state index contributed by atoms with van der Waals surface area (Å²) < 4.78 is 14.2. The quantitative estimate of drug-likeness (QED) is 0.899. The fourth-order valence-corrected chi connectivity index (χ4v) is 2.93. The molecule has 1 aromatic carbocycles. The Bertz CT molecular complexity index is 422. The second-order valence-corrected chi connectivity index (χ2v) is 5.45. The maximum atomic E-state index is 14.2. The Morgan fingerprint density at radius 1 is 1.47 bits per heavy atom. The molecule has 1 unspecified atom stereocenters. The summed E-state index contributed by atoms with van der Waals surface area (Å²) in [6, 6.07) is 5.73. The van der Waals surface area contributed by atoms with Gasteiger partial charge in [-0.3, -0.25) is 0 Å². The summed E-state index contributed by atoms with van der Waals surface area (Å²) >= 11 is 0. The van der Waals surface area contributed by atoms with Crippen LogP contribution in [0.2, 0.25) is 0 Å². The van der Waals surface area contributed by atoms with Gasteiger partial charge in [-0.05, 0) is 45.1 Å². The van der Waals surface area contributed by atoms with Crippen molar-refractivity contribution in [2.45, 2.75) is 25.4 Å². The Kier molecular flexibility index (Phi) is 4.77. The first-order valence-corrected chi connectivity index (χ1v) is 6.97. The van der Waals surface area contributed by atoms with Gasteiger partial charge in [0.05, 0.1) is 5.69 Å². The lowest BCUT2D eigenvalue weighted by Gasteiger charge is -2.38. The molecule has 0 amide bonds. The van der Waals surface area contributed by atoms with Crippen LogP contribution in [-0.2, 0) is 6.54 Å². The fraction of sp³-hybridized carbons (Fsp3) is 0.600. The van der Waals surface area contributed by atoms with Gasteiger partial charge in [0.25, 0.3) is 0 Å². The minimum atomic E-state index is -0.122. The molecule has 2 rings (SSSR count). The number of piperidine rings is 1. The van der Waals surface area contributed by atoms with Gasteiger partial charge in [-0.15, -0.1) is 0 Å². The highest BCUT2D eigenvalue weighted by Crippen LogP contribution is 2.27. The summed E-state index contributed by atoms with van der Waals surface area (Å²) in [4.78, 5) is 4.45. The molecular weight excluding hydrogens is 241 g/mol. The number of nitrogens with zero attached hydrogens (tertiary/aromatic N) is 2. The zero-order valence-corrected chi connectivity index (χ0v) is 12.1. The van der Waals surface area contributed by atoms with Crippen molar-refractivity contribution in [2.75, 3.05) is 39.1 Å². The van der Waals surface area contributed by atoms with Gasteiger partial charge >= 0.3 is 0 Å². The van der Waals surface area contributed by atoms with Crippen LogP contribution in [0.3, 0.4) is 0 Å². The van der Waals surface area contributed by atoms with Crippen LogP contribution in [0.25, 0.3) is 0 Å². The molecule has 0 aromatic heterocycles. The van der Waals surface area contributed by atoms with Crippen LogP contribution in [0.5, 0.6) is 0 Å². The maximum Gasteiger partial charge on any atom is 0.146 e. The van der Waals surface area contributed by atoms with Crippen LogP contribution < -0.4 is 10.2 Å². The van der Waals surface area contributed by atoms with E-state index in [1.165, 1.54) is 6.42 Å². The van der Waals surface area contributed by atoms with Gasteiger partial charge < -0.3 is 15.1 Å². The van der Waals surface area contributed by atoms with Crippen molar-refractivity contribution in [2.24, 2.45) is 0 Å². The number of anilines is 1. The van der Waals surface area contributed by atoms with Crippen molar-refractivity contribution in [3.8, 4) is 0 Å². The van der Waals surface area contributed by atoms with Crippen LogP contribution in [0, 0.1) is 5.82 Å². The summed E-state index contributed by atoms with van der Waals surface area (Å²) in [6.07, 6.45) is 2.31. The topological polar surface area (TPSA) is 18.5 Å². The molecule has 0 bridgehead atoms. The van der Waals surface area contributed by atoms with Crippen molar-refractivity contribution in [3.63, 3.8) is 0 Å². The van der Waals surface area contributed by atoms with E-state index in [-0.39, 0.29) is 5.82 Å². The van der Waals surface area contributed by atoms with E-state index < -0.39 is 0 Å². The lowest BCUT2D eigenvalue weighted by molar-refractivity contribution is 0.247. The van der Waals surface area contributed by atoms with E-state index in [0.29, 0.717) is 12.6 Å². The van der Waals surface area contributed by atoms with E-state index >= 15 is 0 Å². The molecule has 0 aliphatic carbocycles. The smallest absolute Gasteiger partial charge is 0.146 e. The molecule has 0 spiro atoms. The van der Waals surface area contributed by atoms with E-state index in [2.05, 4.69) is 22.2 Å². The number of hydrogen-bond donors (Lipinski definition) is 1. The second kappa shape index (κ2) is 6.35. The van der Waals surface area contributed by atoms with Crippen LogP contribution in [0.15, 0.2) is 18.2 Å². The number of likely N-dealkylation sites (tertiary alicyclic amines) is 1. The molecule has 0 radical (unpaired) electrons. The first kappa shape index (κ1) is 14.3. The molecule has 19 heavy (non-hydrogen) atoms. The SMILES string of the molecule is CNCc1cccc(F)c1N(C)C1CCCN(C)C1. The Morgan fingerprint density at radius 3 is 2.95 bits per heavy atom. The molecule has 1 fully saturated rings. The van der Waals surface area contributed by atoms with Crippen molar-refractivity contribution in [1.29, 1.82) is 0 Å². The molecule has 1 aromatic rings. The van der Waals surface area contributed by atoms with Crippen LogP contribution >= 0.6 is 0 Å². The van der Waals surface area contributed by atoms with E-state index in [4.69, 9.17) is 0 Å². The van der Waals surface area contributed by atoms with Gasteiger partial charge in [-0.1, -0.05) is 12.1 Å². The Balaban J connectivity index is 2.24. The van der Waals surface area contributed by atoms with E-state index in [1.54, 1.807) is 12.1 Å². The third-order valence-corrected chi connectivity index (χ3v) is 3.94. The summed E-state index contributed by atoms with van der Waals surface area (Å²) in [6.45, 7) is 2.84. The number of halogens is 1. The van der Waals surface area contributed by atoms with Gasteiger partial charge in [-0.2, -0.15) is 0 Å². The van der Waals surface area contributed by atoms with E-state index in [1.807, 2.05) is 20.2 Å². The average Bonchev–Trinajstić information content (AvgIpc) is 2.39. The number of hydrogen-bond acceptors (Lipinski definition) is 3. The van der Waals surface area contributed by atoms with Crippen LogP contribution in [0.1, 0.15) is 18.4 Å². The number of nitrogens with one attached hydrogen (secondary N) is 1. The molecule has 1 aliphatic rings. The third-order valence-electron chi connectivity index (χ3n) is 3.94. The molecule has 1 heterocycles. The fourth-order valence-electron chi connectivity index (χ4n) is 2.93. The van der Waals surface area contributed by atoms with E-state index in [0.717, 1.165) is 30.8 Å². The largest absolute Gasteiger partial charge is 0.368 e. The number of benzene rings is 1. The molecule has 1 aliphatic heterocycles. The van der Waals surface area contributed by atoms with Crippen LogP contribution in [-0.4, -0.2) is 45.2 Å². The number of rotatable bonds is 4. The minimum Gasteiger partial charge on any atom is -0.368 e. The van der Waals surface area contributed by atoms with E-state index in [9.17, 15) is 4.39 Å². The Labute approximate surface area is 115 Å². The summed E-state index contributed by atoms with van der Waals surface area (Å²) in [5.41, 5.74) is 1.77. The van der Waals surface area contributed by atoms with Crippen molar-refractivity contribution < 1.29 is 4.39 Å². The second-order valence-electron chi connectivity index (χ2n) is 5.45. The van der Waals surface area contributed by atoms with Crippen molar-refractivity contribution in [3.05, 3.63) is 29.6 Å². The molecular formula is C15H24FN3. The normalized spacial score (nSPS) is 20.5. The third kappa shape index (κ3) is 3.25. The molecule has 1 N–H and O–H groups in total. The molecule has 4 heteroatoms. The standard InChI is InChI=1S/C15H24FN3/c1-17-10-12-6-4-8-14(16)15(12)19(3)13-7-5-9-18(2)11-13/h4,6,8,13,17H,5,7,9-11H2,1-3H3. The lowest BCUT2D eigenvalue weighted by atomic mass is 10.0. The van der Waals surface area contributed by atoms with Crippen molar-refractivity contribution >= 4 is 5.69 Å². The highest BCUT2D eigenvalue weighted by Gasteiger charge is 2.24. The first-order valence-electron chi connectivity index (χ1n) is 6.97. The first-order chi connectivity index (χ1) is 9.13. The van der Waals surface area contributed by atoms with Gasteiger partial charge in [0.15, 0.2) is 0 Å². The highest BCUT2D eigenvalue weighted by atomic mass is 19.1. The van der Waals surface area contributed by atoms with Gasteiger partial charge in [-0.25, -0.2) is 4.39 Å². The Morgan fingerprint density at radius 2 is 2.26 bits per heavy atom. The molecule has 106 valence electrons. The molecule has 0 saturated carbocycles. The average molecular weight is 265 g/mol. The number of likely N-dealkylation sites (N-methyl/N-ethyl adjacent to an activating group) is 2. The summed E-state index contributed by atoms with van der Waals surface area (Å²) in [5.74, 6) is -0.122. The summed E-state index contributed by atoms with van der Waals surface area (Å²) in [5, 5.41) is 3.11. The van der Waals surface area contributed by atoms with Crippen molar-refractivity contribution in [1.82, 2.24) is 10.2 Å². The number of para-hydroxylation sites is 1. The molecule has 3 nitrogen and oxygen atoms in total. The molecule has 1 atom stereocenters. The minimum absolute atomic E-state index is 0.122. The lowest BCUT2D eigenvalue weighted by Crippen LogP contribution is -2.45. The zero-order valence-electron chi connectivity index (χ0n) is 12.1. The van der Waals surface area contributed by atoms with Gasteiger partial charge in [0.1, 0.15) is 5.82 Å². The zero-order chi connectivity index (χ0) is 13.8. The maximum absolute atomic E-state index is 14.2. The predicted octanol–water partition coefficient (Wildman–Crippen LogP) is 2.08. The predicted molar refractivity (Wildman–Crippen MR) is 78.1 cm³/mol. The monoisotopic (exact) mass is 265 g/mol. The highest BCUT2D eigenvalue weighted by molar-refractivity contribution is 5.55. The molecule has 1 saturated heterocycles. The summed E-state index contributed by atoms with van der Waals surface area (Å²) in [7, 11) is 6.04. The van der Waals surface area contributed by atoms with Gasteiger partial charge in [0.2, 0.25) is 0 Å². The van der Waals surface area contributed by atoms with Gasteiger partial charge in [0, 0.05) is 26.2 Å².